The molecule has 174 valence electrons. The molecule has 2 N–H and O–H groups in total. The Labute approximate surface area is 188 Å². The molecule has 1 aromatic rings. The van der Waals surface area contributed by atoms with Gasteiger partial charge in [0.15, 0.2) is 0 Å². The molecule has 0 bridgehead atoms. The van der Waals surface area contributed by atoms with E-state index in [0.717, 1.165) is 19.3 Å². The molecule has 6 nitrogen and oxygen atoms in total. The van der Waals surface area contributed by atoms with Gasteiger partial charge in [-0.25, -0.2) is 0 Å². The van der Waals surface area contributed by atoms with Crippen LogP contribution in [0.1, 0.15) is 91.4 Å². The van der Waals surface area contributed by atoms with Gasteiger partial charge in [-0.3, -0.25) is 0 Å². The maximum atomic E-state index is 12.3. The number of benzene rings is 1. The van der Waals surface area contributed by atoms with E-state index in [4.69, 9.17) is 6.08 Å². The van der Waals surface area contributed by atoms with Crippen molar-refractivity contribution in [3.63, 3.8) is 0 Å². The van der Waals surface area contributed by atoms with E-state index in [-0.39, 0.29) is 10.8 Å². The topological polar surface area (TPSA) is 93.1 Å². The third-order valence-electron chi connectivity index (χ3n) is 5.14. The molecule has 0 aliphatic carbocycles. The summed E-state index contributed by atoms with van der Waals surface area (Å²) < 4.78 is 55.1. The van der Waals surface area contributed by atoms with Gasteiger partial charge in [0, 0.05) is 0 Å². The van der Waals surface area contributed by atoms with Crippen LogP contribution >= 0.6 is 0 Å². The van der Waals surface area contributed by atoms with Crippen molar-refractivity contribution in [2.45, 2.75) is 102 Å². The van der Waals surface area contributed by atoms with Crippen LogP contribution in [-0.4, -0.2) is 21.9 Å². The van der Waals surface area contributed by atoms with Crippen molar-refractivity contribution in [3.05, 3.63) is 30.3 Å². The van der Waals surface area contributed by atoms with E-state index in [9.17, 15) is 15.8 Å². The number of hydrogen-bond donors (Lipinski definition) is 2. The third-order valence-corrected chi connectivity index (χ3v) is 9.42. The first-order valence-corrected chi connectivity index (χ1v) is 15.4. The Bertz CT molecular complexity index is 663. The van der Waals surface area contributed by atoms with Crippen LogP contribution in [0.3, 0.4) is 0 Å². The normalized spacial score (nSPS) is 13.7. The molecule has 0 amide bonds. The van der Waals surface area contributed by atoms with E-state index < -0.39 is 34.4 Å². The van der Waals surface area contributed by atoms with Gasteiger partial charge in [-0.05, 0) is 0 Å². The molecular weight excluding hydrogens is 440 g/mol. The van der Waals surface area contributed by atoms with Gasteiger partial charge in [0.05, 0.1) is 0 Å². The van der Waals surface area contributed by atoms with E-state index >= 15 is 0 Å². The Hall–Kier alpha value is -0.276. The summed E-state index contributed by atoms with van der Waals surface area (Å²) in [6, 6.07) is 7.45. The van der Waals surface area contributed by atoms with Crippen molar-refractivity contribution in [1.29, 1.82) is 0 Å². The van der Waals surface area contributed by atoms with E-state index in [1.807, 2.05) is 13.8 Å². The molecule has 8 heteroatoms. The zero-order valence-corrected chi connectivity index (χ0v) is 21.1. The zero-order valence-electron chi connectivity index (χ0n) is 18.8. The van der Waals surface area contributed by atoms with Gasteiger partial charge in [0.2, 0.25) is 0 Å². The van der Waals surface area contributed by atoms with Crippen LogP contribution in [-0.2, 0) is 34.3 Å². The average molecular weight is 480 g/mol. The van der Waals surface area contributed by atoms with Gasteiger partial charge >= 0.3 is 175 Å². The number of unbranched alkanes of at least 4 members (excludes halogenated alkanes) is 9. The Morgan fingerprint density at radius 1 is 0.867 bits per heavy atom. The molecule has 1 unspecified atom stereocenters. The molecule has 0 aliphatic heterocycles. The fourth-order valence-corrected chi connectivity index (χ4v) is 7.47. The number of hydrogen-bond acceptors (Lipinski definition) is 6. The van der Waals surface area contributed by atoms with Crippen molar-refractivity contribution in [1.82, 2.24) is 0 Å². The van der Waals surface area contributed by atoms with Gasteiger partial charge in [-0.15, -0.1) is 0 Å². The van der Waals surface area contributed by atoms with E-state index in [1.165, 1.54) is 57.1 Å². The second-order valence-electron chi connectivity index (χ2n) is 8.27. The molecule has 0 aromatic heterocycles. The van der Waals surface area contributed by atoms with Gasteiger partial charge in [-0.2, -0.15) is 0 Å². The van der Waals surface area contributed by atoms with Crippen LogP contribution in [0.15, 0.2) is 35.2 Å². The first-order valence-electron chi connectivity index (χ1n) is 11.3. The Morgan fingerprint density at radius 2 is 1.37 bits per heavy atom. The van der Waals surface area contributed by atoms with Gasteiger partial charge in [0.25, 0.3) is 0 Å². The summed E-state index contributed by atoms with van der Waals surface area (Å²) in [6.45, 7) is 6.07. The molecule has 0 fully saturated rings. The quantitative estimate of drug-likeness (QED) is 0.225. The van der Waals surface area contributed by atoms with E-state index in [1.54, 1.807) is 18.2 Å². The summed E-state index contributed by atoms with van der Waals surface area (Å²) in [5, 5.41) is 0. The van der Waals surface area contributed by atoms with E-state index in [0.29, 0.717) is 6.42 Å². The molecule has 0 spiro atoms. The van der Waals surface area contributed by atoms with Crippen LogP contribution in [0, 0.1) is 5.92 Å². The van der Waals surface area contributed by atoms with Crippen LogP contribution in [0.2, 0.25) is 0 Å². The molecule has 0 aliphatic rings. The third kappa shape index (κ3) is 11.9. The zero-order chi connectivity index (χ0) is 22.5. The molecule has 0 saturated heterocycles. The Kier molecular flexibility index (Phi) is 13.6. The average Bonchev–Trinajstić information content (AvgIpc) is 2.68. The SMILES string of the molecule is CCCCCCCCCCCCC([O][Ti]([OH])([OH])[O]S(=O)(=O)c1ccccc1)C(C)C. The summed E-state index contributed by atoms with van der Waals surface area (Å²) in [7, 11) is -4.28. The molecule has 0 heterocycles. The predicted molar refractivity (Wildman–Crippen MR) is 115 cm³/mol. The van der Waals surface area contributed by atoms with Gasteiger partial charge in [-0.1, -0.05) is 13.3 Å². The monoisotopic (exact) mass is 480 g/mol. The molecular formula is C22H40O6STi. The van der Waals surface area contributed by atoms with E-state index in [2.05, 4.69) is 6.92 Å². The standard InChI is InChI=1S/C16H33O.C6H6O3S.2H2O.Ti/c1-4-5-6-7-8-9-10-11-12-13-14-16(17)15(2)3;7-10(8,9)6-4-2-1-3-5-6;;;/h15-16H,4-14H2,1-3H3;1-5H,(H,7,8,9);2*1H2;/q-1;;;;+4/p-3. The molecule has 0 saturated carbocycles. The van der Waals surface area contributed by atoms with Crippen LogP contribution in [0.25, 0.3) is 0 Å². The first-order chi connectivity index (χ1) is 14.2. The molecule has 30 heavy (non-hydrogen) atoms. The molecule has 1 aromatic carbocycles. The molecule has 0 radical (unpaired) electrons. The minimum atomic E-state index is -5.40. The van der Waals surface area contributed by atoms with Crippen molar-refractivity contribution in [3.8, 4) is 0 Å². The van der Waals surface area contributed by atoms with Crippen molar-refractivity contribution >= 4 is 10.1 Å². The molecule has 1 atom stereocenters. The minimum absolute atomic E-state index is 0.0240. The summed E-state index contributed by atoms with van der Waals surface area (Å²) in [5.74, 6) is 0.0240. The Balaban J connectivity index is 2.38. The van der Waals surface area contributed by atoms with Crippen LogP contribution in [0.5, 0.6) is 0 Å². The van der Waals surface area contributed by atoms with Gasteiger partial charge < -0.3 is 0 Å². The number of rotatable bonds is 17. The van der Waals surface area contributed by atoms with Crippen molar-refractivity contribution in [2.75, 3.05) is 0 Å². The van der Waals surface area contributed by atoms with Crippen molar-refractivity contribution < 1.29 is 40.0 Å². The predicted octanol–water partition coefficient (Wildman–Crippen LogP) is 5.54. The summed E-state index contributed by atoms with van der Waals surface area (Å²) in [6.07, 6.45) is 12.4. The first kappa shape index (κ1) is 27.8. The second kappa shape index (κ2) is 14.7. The fraction of sp³-hybridized carbons (Fsp3) is 0.727. The maximum absolute atomic E-state index is 12.3. The van der Waals surface area contributed by atoms with Crippen molar-refractivity contribution in [2.24, 2.45) is 5.92 Å². The Morgan fingerprint density at radius 3 is 1.87 bits per heavy atom. The summed E-state index contributed by atoms with van der Waals surface area (Å²) in [4.78, 5) is -0.123. The molecule has 1 rings (SSSR count). The fourth-order valence-electron chi connectivity index (χ4n) is 3.36. The van der Waals surface area contributed by atoms with Crippen LogP contribution < -0.4 is 0 Å². The van der Waals surface area contributed by atoms with Gasteiger partial charge in [0.1, 0.15) is 0 Å². The summed E-state index contributed by atoms with van der Waals surface area (Å²) in [5.41, 5.74) is 0. The summed E-state index contributed by atoms with van der Waals surface area (Å²) >= 11 is -5.40. The second-order valence-corrected chi connectivity index (χ2v) is 12.7. The van der Waals surface area contributed by atoms with Crippen LogP contribution in [0.4, 0.5) is 0 Å².